The van der Waals surface area contributed by atoms with E-state index in [9.17, 15) is 18.0 Å². The second kappa shape index (κ2) is 4.49. The van der Waals surface area contributed by atoms with Crippen molar-refractivity contribution in [3.8, 4) is 5.75 Å². The quantitative estimate of drug-likeness (QED) is 0.903. The van der Waals surface area contributed by atoms with Crippen LogP contribution in [0.25, 0.3) is 10.9 Å². The average Bonchev–Trinajstić information content (AvgIpc) is 2.70. The van der Waals surface area contributed by atoms with E-state index >= 15 is 0 Å². The van der Waals surface area contributed by atoms with Gasteiger partial charge in [0.15, 0.2) is 5.92 Å². The van der Waals surface area contributed by atoms with Crippen LogP contribution in [-0.4, -0.2) is 29.3 Å². The summed E-state index contributed by atoms with van der Waals surface area (Å²) in [4.78, 5) is 13.5. The summed E-state index contributed by atoms with van der Waals surface area (Å²) < 4.78 is 43.4. The molecule has 1 aromatic heterocycles. The number of aromatic nitrogens is 1. The van der Waals surface area contributed by atoms with Gasteiger partial charge in [-0.3, -0.25) is 4.79 Å². The van der Waals surface area contributed by atoms with Gasteiger partial charge in [0.2, 0.25) is 0 Å². The molecule has 0 amide bonds. The minimum absolute atomic E-state index is 0.184. The first-order valence-electron chi connectivity index (χ1n) is 5.29. The van der Waals surface area contributed by atoms with Crippen molar-refractivity contribution < 1.29 is 27.8 Å². The molecule has 102 valence electrons. The second-order valence-corrected chi connectivity index (χ2v) is 3.97. The van der Waals surface area contributed by atoms with Gasteiger partial charge in [0.1, 0.15) is 5.75 Å². The maximum Gasteiger partial charge on any atom is 0.406 e. The molecule has 0 bridgehead atoms. The first kappa shape index (κ1) is 13.3. The fourth-order valence-corrected chi connectivity index (χ4v) is 1.94. The van der Waals surface area contributed by atoms with E-state index in [-0.39, 0.29) is 10.9 Å². The van der Waals surface area contributed by atoms with Crippen LogP contribution in [0.1, 0.15) is 11.5 Å². The van der Waals surface area contributed by atoms with E-state index in [4.69, 9.17) is 9.84 Å². The van der Waals surface area contributed by atoms with Crippen LogP contribution in [0.4, 0.5) is 13.2 Å². The number of benzene rings is 1. The summed E-state index contributed by atoms with van der Waals surface area (Å²) in [5.74, 6) is -4.13. The van der Waals surface area contributed by atoms with E-state index < -0.39 is 18.1 Å². The summed E-state index contributed by atoms with van der Waals surface area (Å²) >= 11 is 0. The molecule has 0 aliphatic heterocycles. The smallest absolute Gasteiger partial charge is 0.406 e. The number of carboxylic acids is 1. The van der Waals surface area contributed by atoms with Crippen LogP contribution in [0.15, 0.2) is 24.4 Å². The predicted octanol–water partition coefficient (Wildman–Crippen LogP) is 2.91. The predicted molar refractivity (Wildman–Crippen MR) is 61.3 cm³/mol. The Bertz CT molecular complexity index is 618. The van der Waals surface area contributed by atoms with Crippen LogP contribution in [-0.2, 0) is 4.79 Å². The van der Waals surface area contributed by atoms with Gasteiger partial charge in [0.05, 0.1) is 7.11 Å². The Kier molecular flexibility index (Phi) is 3.13. The molecule has 0 fully saturated rings. The van der Waals surface area contributed by atoms with Crippen molar-refractivity contribution in [2.24, 2.45) is 0 Å². The van der Waals surface area contributed by atoms with Crippen molar-refractivity contribution in [2.75, 3.05) is 7.11 Å². The van der Waals surface area contributed by atoms with E-state index in [1.54, 1.807) is 6.07 Å². The number of carbonyl (C=O) groups is 1. The molecule has 1 aromatic carbocycles. The van der Waals surface area contributed by atoms with Crippen molar-refractivity contribution in [1.82, 2.24) is 4.98 Å². The minimum Gasteiger partial charge on any atom is -0.497 e. The number of alkyl halides is 3. The zero-order valence-corrected chi connectivity index (χ0v) is 9.78. The Morgan fingerprint density at radius 2 is 2.11 bits per heavy atom. The molecule has 0 saturated heterocycles. The Morgan fingerprint density at radius 3 is 2.63 bits per heavy atom. The van der Waals surface area contributed by atoms with E-state index in [0.717, 1.165) is 6.20 Å². The number of ether oxygens (including phenoxy) is 1. The topological polar surface area (TPSA) is 62.3 Å². The first-order valence-corrected chi connectivity index (χ1v) is 5.29. The van der Waals surface area contributed by atoms with Crippen molar-refractivity contribution >= 4 is 16.9 Å². The van der Waals surface area contributed by atoms with Gasteiger partial charge in [-0.25, -0.2) is 0 Å². The molecule has 1 heterocycles. The van der Waals surface area contributed by atoms with Crippen LogP contribution in [0.5, 0.6) is 5.75 Å². The lowest BCUT2D eigenvalue weighted by atomic mass is 9.98. The number of rotatable bonds is 3. The first-order chi connectivity index (χ1) is 8.84. The fraction of sp³-hybridized carbons (Fsp3) is 0.250. The maximum absolute atomic E-state index is 12.8. The van der Waals surface area contributed by atoms with Gasteiger partial charge in [-0.05, 0) is 18.2 Å². The molecule has 2 N–H and O–H groups in total. The standard InChI is InChI=1S/C12H10F3NO3/c1-19-6-2-3-9-7(4-6)8(5-16-9)10(11(17)18)12(13,14)15/h2-5,10,16H,1H3,(H,17,18). The highest BCUT2D eigenvalue weighted by atomic mass is 19.4. The summed E-state index contributed by atoms with van der Waals surface area (Å²) in [6.45, 7) is 0. The third-order valence-electron chi connectivity index (χ3n) is 2.81. The van der Waals surface area contributed by atoms with Gasteiger partial charge in [-0.15, -0.1) is 0 Å². The van der Waals surface area contributed by atoms with Gasteiger partial charge < -0.3 is 14.8 Å². The molecule has 0 aliphatic rings. The van der Waals surface area contributed by atoms with Crippen molar-refractivity contribution in [3.05, 3.63) is 30.0 Å². The summed E-state index contributed by atoms with van der Waals surface area (Å²) in [6, 6.07) is 4.49. The Morgan fingerprint density at radius 1 is 1.42 bits per heavy atom. The molecule has 2 aromatic rings. The molecule has 0 spiro atoms. The summed E-state index contributed by atoms with van der Waals surface area (Å²) in [7, 11) is 1.38. The highest BCUT2D eigenvalue weighted by Gasteiger charge is 2.47. The molecule has 4 nitrogen and oxygen atoms in total. The van der Waals surface area contributed by atoms with E-state index in [1.165, 1.54) is 19.2 Å². The molecular formula is C12H10F3NO3. The SMILES string of the molecule is COc1ccc2[nH]cc(C(C(=O)O)C(F)(F)F)c2c1. The molecular weight excluding hydrogens is 263 g/mol. The fourth-order valence-electron chi connectivity index (χ4n) is 1.94. The highest BCUT2D eigenvalue weighted by molar-refractivity contribution is 5.90. The van der Waals surface area contributed by atoms with Gasteiger partial charge in [0.25, 0.3) is 0 Å². The molecule has 0 aliphatic carbocycles. The van der Waals surface area contributed by atoms with Crippen LogP contribution >= 0.6 is 0 Å². The lowest BCUT2D eigenvalue weighted by Gasteiger charge is -2.15. The zero-order valence-electron chi connectivity index (χ0n) is 9.78. The van der Waals surface area contributed by atoms with E-state index in [0.29, 0.717) is 11.3 Å². The largest absolute Gasteiger partial charge is 0.497 e. The van der Waals surface area contributed by atoms with Crippen molar-refractivity contribution in [1.29, 1.82) is 0 Å². The number of nitrogens with one attached hydrogen (secondary N) is 1. The van der Waals surface area contributed by atoms with Gasteiger partial charge in [0, 0.05) is 22.7 Å². The van der Waals surface area contributed by atoms with E-state index in [2.05, 4.69) is 4.98 Å². The van der Waals surface area contributed by atoms with Crippen molar-refractivity contribution in [2.45, 2.75) is 12.1 Å². The number of aliphatic carboxylic acids is 1. The van der Waals surface area contributed by atoms with Gasteiger partial charge >= 0.3 is 12.1 Å². The normalized spacial score (nSPS) is 13.5. The summed E-state index contributed by atoms with van der Waals surface area (Å²) in [5, 5.41) is 8.99. The summed E-state index contributed by atoms with van der Waals surface area (Å²) in [5.41, 5.74) is 0.0974. The average molecular weight is 273 g/mol. The van der Waals surface area contributed by atoms with Crippen LogP contribution in [0.2, 0.25) is 0 Å². The third-order valence-corrected chi connectivity index (χ3v) is 2.81. The molecule has 19 heavy (non-hydrogen) atoms. The third kappa shape index (κ3) is 2.35. The van der Waals surface area contributed by atoms with E-state index in [1.807, 2.05) is 0 Å². The molecule has 7 heteroatoms. The maximum atomic E-state index is 12.8. The number of fused-ring (bicyclic) bond motifs is 1. The van der Waals surface area contributed by atoms with Crippen LogP contribution in [0, 0.1) is 0 Å². The second-order valence-electron chi connectivity index (χ2n) is 3.97. The minimum atomic E-state index is -4.86. The number of halogens is 3. The molecule has 1 unspecified atom stereocenters. The molecule has 2 rings (SSSR count). The highest BCUT2D eigenvalue weighted by Crippen LogP contribution is 2.39. The monoisotopic (exact) mass is 273 g/mol. The number of methoxy groups -OCH3 is 1. The molecule has 0 saturated carbocycles. The lowest BCUT2D eigenvalue weighted by Crippen LogP contribution is -2.28. The Hall–Kier alpha value is -2.18. The number of carboxylic acid groups (broad SMARTS) is 1. The Labute approximate surface area is 105 Å². The lowest BCUT2D eigenvalue weighted by molar-refractivity contribution is -0.176. The summed E-state index contributed by atoms with van der Waals surface area (Å²) in [6.07, 6.45) is -3.79. The van der Waals surface area contributed by atoms with Gasteiger partial charge in [-0.1, -0.05) is 0 Å². The Balaban J connectivity index is 2.63. The molecule has 0 radical (unpaired) electrons. The van der Waals surface area contributed by atoms with Gasteiger partial charge in [-0.2, -0.15) is 13.2 Å². The van der Waals surface area contributed by atoms with Crippen LogP contribution < -0.4 is 4.74 Å². The zero-order chi connectivity index (χ0) is 14.2. The number of H-pyrrole nitrogens is 1. The number of aromatic amines is 1. The van der Waals surface area contributed by atoms with Crippen LogP contribution in [0.3, 0.4) is 0 Å². The molecule has 1 atom stereocenters. The van der Waals surface area contributed by atoms with Crippen molar-refractivity contribution in [3.63, 3.8) is 0 Å². The number of hydrogen-bond donors (Lipinski definition) is 2. The number of hydrogen-bond acceptors (Lipinski definition) is 2.